The fourth-order valence-corrected chi connectivity index (χ4v) is 1.14. The summed E-state index contributed by atoms with van der Waals surface area (Å²) < 4.78 is 4.45. The molecule has 0 spiro atoms. The van der Waals surface area contributed by atoms with Crippen LogP contribution in [0.1, 0.15) is 12.8 Å². The highest BCUT2D eigenvalue weighted by Crippen LogP contribution is 2.41. The first kappa shape index (κ1) is 8.04. The second-order valence-electron chi connectivity index (χ2n) is 2.72. The third-order valence-electron chi connectivity index (χ3n) is 1.86. The summed E-state index contributed by atoms with van der Waals surface area (Å²) >= 11 is 0. The SMILES string of the molecule is COC(=O)[C@@H]1C[C@@H]1CC(=O)O. The highest BCUT2D eigenvalue weighted by molar-refractivity contribution is 5.77. The van der Waals surface area contributed by atoms with Crippen LogP contribution in [0.4, 0.5) is 0 Å². The molecule has 0 bridgehead atoms. The van der Waals surface area contributed by atoms with E-state index in [4.69, 9.17) is 5.11 Å². The Labute approximate surface area is 64.2 Å². The zero-order valence-corrected chi connectivity index (χ0v) is 6.24. The molecule has 2 atom stereocenters. The number of ether oxygens (including phenoxy) is 1. The molecule has 1 fully saturated rings. The van der Waals surface area contributed by atoms with E-state index in [1.165, 1.54) is 7.11 Å². The summed E-state index contributed by atoms with van der Waals surface area (Å²) in [7, 11) is 1.32. The van der Waals surface area contributed by atoms with E-state index < -0.39 is 5.97 Å². The van der Waals surface area contributed by atoms with Crippen LogP contribution in [0.25, 0.3) is 0 Å². The molecule has 0 radical (unpaired) electrons. The number of carbonyl (C=O) groups excluding carboxylic acids is 1. The monoisotopic (exact) mass is 158 g/mol. The third-order valence-corrected chi connectivity index (χ3v) is 1.86. The van der Waals surface area contributed by atoms with Crippen LogP contribution < -0.4 is 0 Å². The Morgan fingerprint density at radius 1 is 1.64 bits per heavy atom. The van der Waals surface area contributed by atoms with Crippen molar-refractivity contribution >= 4 is 11.9 Å². The maximum atomic E-state index is 10.8. The first-order valence-electron chi connectivity index (χ1n) is 3.44. The molecule has 4 nitrogen and oxygen atoms in total. The molecule has 62 valence electrons. The lowest BCUT2D eigenvalue weighted by atomic mass is 10.2. The van der Waals surface area contributed by atoms with Gasteiger partial charge in [0.15, 0.2) is 0 Å². The van der Waals surface area contributed by atoms with E-state index >= 15 is 0 Å². The number of hydrogen-bond acceptors (Lipinski definition) is 3. The molecule has 4 heteroatoms. The van der Waals surface area contributed by atoms with Crippen molar-refractivity contribution in [3.63, 3.8) is 0 Å². The summed E-state index contributed by atoms with van der Waals surface area (Å²) in [5, 5.41) is 8.34. The molecule has 0 unspecified atom stereocenters. The lowest BCUT2D eigenvalue weighted by molar-refractivity contribution is -0.142. The van der Waals surface area contributed by atoms with Gasteiger partial charge >= 0.3 is 11.9 Å². The lowest BCUT2D eigenvalue weighted by Crippen LogP contribution is -2.06. The van der Waals surface area contributed by atoms with Gasteiger partial charge < -0.3 is 9.84 Å². The van der Waals surface area contributed by atoms with Gasteiger partial charge in [-0.15, -0.1) is 0 Å². The summed E-state index contributed by atoms with van der Waals surface area (Å²) in [6.07, 6.45) is 0.749. The number of carboxylic acids is 1. The van der Waals surface area contributed by atoms with Crippen LogP contribution in [0.5, 0.6) is 0 Å². The molecule has 1 N–H and O–H groups in total. The van der Waals surface area contributed by atoms with Gasteiger partial charge in [-0.05, 0) is 12.3 Å². The molecular weight excluding hydrogens is 148 g/mol. The summed E-state index contributed by atoms with van der Waals surface area (Å²) in [5.41, 5.74) is 0. The first-order valence-corrected chi connectivity index (χ1v) is 3.44. The Hall–Kier alpha value is -1.06. The zero-order chi connectivity index (χ0) is 8.43. The Balaban J connectivity index is 2.26. The van der Waals surface area contributed by atoms with Crippen LogP contribution in [-0.4, -0.2) is 24.2 Å². The molecule has 1 saturated carbocycles. The van der Waals surface area contributed by atoms with Crippen LogP contribution in [0.15, 0.2) is 0 Å². The second-order valence-corrected chi connectivity index (χ2v) is 2.72. The first-order chi connectivity index (χ1) is 5.15. The number of carboxylic acid groups (broad SMARTS) is 1. The minimum atomic E-state index is -0.846. The zero-order valence-electron chi connectivity index (χ0n) is 6.24. The average molecular weight is 158 g/mol. The van der Waals surface area contributed by atoms with Gasteiger partial charge in [0.1, 0.15) is 0 Å². The molecule has 0 aliphatic heterocycles. The molecule has 0 aromatic heterocycles. The Bertz CT molecular complexity index is 187. The van der Waals surface area contributed by atoms with Gasteiger partial charge in [-0.2, -0.15) is 0 Å². The molecule has 1 aliphatic carbocycles. The molecule has 1 aliphatic rings. The summed E-state index contributed by atoms with van der Waals surface area (Å²) in [4.78, 5) is 20.9. The molecular formula is C7H10O4. The number of methoxy groups -OCH3 is 1. The van der Waals surface area contributed by atoms with Crippen molar-refractivity contribution in [3.05, 3.63) is 0 Å². The fourth-order valence-electron chi connectivity index (χ4n) is 1.14. The van der Waals surface area contributed by atoms with Crippen molar-refractivity contribution < 1.29 is 19.4 Å². The molecule has 0 amide bonds. The average Bonchev–Trinajstić information content (AvgIpc) is 2.65. The van der Waals surface area contributed by atoms with Gasteiger partial charge in [0.25, 0.3) is 0 Å². The van der Waals surface area contributed by atoms with Crippen molar-refractivity contribution in [2.24, 2.45) is 11.8 Å². The number of hydrogen-bond donors (Lipinski definition) is 1. The van der Waals surface area contributed by atoms with Gasteiger partial charge in [-0.3, -0.25) is 9.59 Å². The van der Waals surface area contributed by atoms with Crippen LogP contribution >= 0.6 is 0 Å². The molecule has 11 heavy (non-hydrogen) atoms. The second kappa shape index (κ2) is 2.90. The van der Waals surface area contributed by atoms with Crippen molar-refractivity contribution in [1.29, 1.82) is 0 Å². The quantitative estimate of drug-likeness (QED) is 0.599. The maximum absolute atomic E-state index is 10.8. The van der Waals surface area contributed by atoms with E-state index in [2.05, 4.69) is 4.74 Å². The topological polar surface area (TPSA) is 63.6 Å². The van der Waals surface area contributed by atoms with Crippen LogP contribution in [0, 0.1) is 11.8 Å². The third kappa shape index (κ3) is 1.93. The number of rotatable bonds is 3. The normalized spacial score (nSPS) is 27.7. The fraction of sp³-hybridized carbons (Fsp3) is 0.714. The standard InChI is InChI=1S/C7H10O4/c1-11-7(10)5-2-4(5)3-6(8)9/h4-5H,2-3H2,1H3,(H,8,9)/t4-,5-/m1/s1. The number of aliphatic carboxylic acids is 1. The molecule has 0 aromatic carbocycles. The summed E-state index contributed by atoms with van der Waals surface area (Å²) in [5.74, 6) is -1.27. The van der Waals surface area contributed by atoms with E-state index in [1.807, 2.05) is 0 Å². The largest absolute Gasteiger partial charge is 0.481 e. The maximum Gasteiger partial charge on any atom is 0.308 e. The molecule has 0 heterocycles. The molecule has 0 aromatic rings. The predicted octanol–water partition coefficient (Wildman–Crippen LogP) is 0.270. The van der Waals surface area contributed by atoms with Crippen LogP contribution in [-0.2, 0) is 14.3 Å². The highest BCUT2D eigenvalue weighted by atomic mass is 16.5. The Morgan fingerprint density at radius 2 is 2.27 bits per heavy atom. The number of esters is 1. The summed E-state index contributed by atoms with van der Waals surface area (Å²) in [6.45, 7) is 0. The Kier molecular flexibility index (Phi) is 2.12. The smallest absolute Gasteiger partial charge is 0.308 e. The number of carbonyl (C=O) groups is 2. The van der Waals surface area contributed by atoms with Gasteiger partial charge in [-0.25, -0.2) is 0 Å². The van der Waals surface area contributed by atoms with Crippen molar-refractivity contribution in [1.82, 2.24) is 0 Å². The highest BCUT2D eigenvalue weighted by Gasteiger charge is 2.44. The Morgan fingerprint density at radius 3 is 2.73 bits per heavy atom. The summed E-state index contributed by atoms with van der Waals surface area (Å²) in [6, 6.07) is 0. The minimum absolute atomic E-state index is 0.0138. The minimum Gasteiger partial charge on any atom is -0.481 e. The van der Waals surface area contributed by atoms with Crippen molar-refractivity contribution in [3.8, 4) is 0 Å². The van der Waals surface area contributed by atoms with E-state index in [-0.39, 0.29) is 24.2 Å². The van der Waals surface area contributed by atoms with E-state index in [1.54, 1.807) is 0 Å². The van der Waals surface area contributed by atoms with E-state index in [0.29, 0.717) is 6.42 Å². The van der Waals surface area contributed by atoms with Gasteiger partial charge in [-0.1, -0.05) is 0 Å². The van der Waals surface area contributed by atoms with Crippen molar-refractivity contribution in [2.45, 2.75) is 12.8 Å². The lowest BCUT2D eigenvalue weighted by Gasteiger charge is -1.94. The van der Waals surface area contributed by atoms with E-state index in [9.17, 15) is 9.59 Å². The van der Waals surface area contributed by atoms with Crippen molar-refractivity contribution in [2.75, 3.05) is 7.11 Å². The molecule has 0 saturated heterocycles. The predicted molar refractivity (Wildman–Crippen MR) is 35.9 cm³/mol. The molecule has 1 rings (SSSR count). The van der Waals surface area contributed by atoms with Gasteiger partial charge in [0.05, 0.1) is 13.0 Å². The van der Waals surface area contributed by atoms with Crippen LogP contribution in [0.3, 0.4) is 0 Å². The van der Waals surface area contributed by atoms with E-state index in [0.717, 1.165) is 0 Å². The van der Waals surface area contributed by atoms with Gasteiger partial charge in [0.2, 0.25) is 0 Å². The van der Waals surface area contributed by atoms with Crippen LogP contribution in [0.2, 0.25) is 0 Å². The van der Waals surface area contributed by atoms with Gasteiger partial charge in [0, 0.05) is 6.42 Å².